The van der Waals surface area contributed by atoms with E-state index in [9.17, 15) is 4.79 Å². The molecule has 3 nitrogen and oxygen atoms in total. The quantitative estimate of drug-likeness (QED) is 0.669. The molecule has 1 atom stereocenters. The summed E-state index contributed by atoms with van der Waals surface area (Å²) in [6.07, 6.45) is -0.342. The molecule has 138 valence electrons. The summed E-state index contributed by atoms with van der Waals surface area (Å²) in [6, 6.07) is 14.4. The van der Waals surface area contributed by atoms with Gasteiger partial charge in [0.1, 0.15) is 0 Å². The van der Waals surface area contributed by atoms with Crippen LogP contribution in [0, 0.1) is 5.41 Å². The van der Waals surface area contributed by atoms with Gasteiger partial charge in [-0.2, -0.15) is 0 Å². The maximum absolute atomic E-state index is 12.5. The van der Waals surface area contributed by atoms with Crippen LogP contribution in [-0.4, -0.2) is 11.6 Å². The molecule has 0 spiro atoms. The second-order valence-electron chi connectivity index (χ2n) is 8.95. The number of rotatable bonds is 3. The molecule has 1 aliphatic carbocycles. The van der Waals surface area contributed by atoms with Crippen LogP contribution in [0.2, 0.25) is 0 Å². The van der Waals surface area contributed by atoms with E-state index in [2.05, 4.69) is 45.0 Å². The molecule has 0 N–H and O–H groups in total. The van der Waals surface area contributed by atoms with Crippen molar-refractivity contribution in [1.29, 1.82) is 0 Å². The monoisotopic (exact) mass is 352 g/mol. The van der Waals surface area contributed by atoms with Crippen molar-refractivity contribution in [2.24, 2.45) is 5.41 Å². The van der Waals surface area contributed by atoms with E-state index in [-0.39, 0.29) is 17.7 Å². The summed E-state index contributed by atoms with van der Waals surface area (Å²) in [5, 5.41) is 0. The average molecular weight is 352 g/mol. The van der Waals surface area contributed by atoms with E-state index in [4.69, 9.17) is 9.47 Å². The first-order chi connectivity index (χ1) is 12.1. The fraction of sp³-hybridized carbons (Fsp3) is 0.435. The summed E-state index contributed by atoms with van der Waals surface area (Å²) in [6.45, 7) is 12.4. The van der Waals surface area contributed by atoms with Gasteiger partial charge in [0.15, 0.2) is 6.10 Å². The number of carbonyl (C=O) groups is 1. The third-order valence-corrected chi connectivity index (χ3v) is 4.44. The molecule has 3 rings (SSSR count). The first-order valence-electron chi connectivity index (χ1n) is 9.13. The number of carbonyl (C=O) groups excluding carboxylic acids is 1. The van der Waals surface area contributed by atoms with Gasteiger partial charge in [-0.15, -0.1) is 0 Å². The number of hydrogen-bond acceptors (Lipinski definition) is 3. The molecule has 0 heterocycles. The van der Waals surface area contributed by atoms with Gasteiger partial charge in [-0.25, -0.2) is 0 Å². The highest BCUT2D eigenvalue weighted by Gasteiger charge is 2.34. The molecule has 0 aliphatic heterocycles. The standard InChI is InChI=1S/C23H28O3/c1-22(2,3)21(24)26-20-17-10-8-7-9-16(17)19-13-15(11-12-18(19)20)14-25-23(4,5)6/h7-13,20H,14H2,1-6H3. The highest BCUT2D eigenvalue weighted by molar-refractivity contribution is 5.81. The third-order valence-electron chi connectivity index (χ3n) is 4.44. The van der Waals surface area contributed by atoms with Crippen LogP contribution in [0.15, 0.2) is 42.5 Å². The van der Waals surface area contributed by atoms with Gasteiger partial charge in [-0.05, 0) is 64.3 Å². The zero-order chi connectivity index (χ0) is 19.1. The minimum atomic E-state index is -0.530. The van der Waals surface area contributed by atoms with Gasteiger partial charge in [-0.1, -0.05) is 36.4 Å². The van der Waals surface area contributed by atoms with Crippen LogP contribution >= 0.6 is 0 Å². The van der Waals surface area contributed by atoms with Crippen molar-refractivity contribution in [1.82, 2.24) is 0 Å². The number of esters is 1. The fourth-order valence-electron chi connectivity index (χ4n) is 3.00. The molecule has 0 bridgehead atoms. The fourth-order valence-corrected chi connectivity index (χ4v) is 3.00. The number of fused-ring (bicyclic) bond motifs is 3. The van der Waals surface area contributed by atoms with E-state index >= 15 is 0 Å². The number of hydrogen-bond donors (Lipinski definition) is 0. The van der Waals surface area contributed by atoms with Crippen LogP contribution in [0.1, 0.15) is 64.3 Å². The lowest BCUT2D eigenvalue weighted by molar-refractivity contribution is -0.156. The van der Waals surface area contributed by atoms with Crippen molar-refractivity contribution in [2.75, 3.05) is 0 Å². The summed E-state index contributed by atoms with van der Waals surface area (Å²) in [5.74, 6) is -0.190. The van der Waals surface area contributed by atoms with Crippen molar-refractivity contribution >= 4 is 5.97 Å². The Kier molecular flexibility index (Phi) is 4.70. The van der Waals surface area contributed by atoms with Gasteiger partial charge in [0.25, 0.3) is 0 Å². The Hall–Kier alpha value is -2.13. The van der Waals surface area contributed by atoms with Crippen molar-refractivity contribution in [3.63, 3.8) is 0 Å². The second-order valence-corrected chi connectivity index (χ2v) is 8.95. The Morgan fingerprint density at radius 1 is 0.923 bits per heavy atom. The van der Waals surface area contributed by atoms with Gasteiger partial charge < -0.3 is 9.47 Å². The molecule has 3 heteroatoms. The highest BCUT2D eigenvalue weighted by atomic mass is 16.5. The minimum Gasteiger partial charge on any atom is -0.452 e. The molecule has 26 heavy (non-hydrogen) atoms. The van der Waals surface area contributed by atoms with Crippen LogP contribution in [0.5, 0.6) is 0 Å². The molecule has 0 fully saturated rings. The normalized spacial score (nSPS) is 16.2. The maximum Gasteiger partial charge on any atom is 0.312 e. The lowest BCUT2D eigenvalue weighted by atomic mass is 9.97. The predicted molar refractivity (Wildman–Crippen MR) is 104 cm³/mol. The average Bonchev–Trinajstić information content (AvgIpc) is 2.85. The summed E-state index contributed by atoms with van der Waals surface area (Å²) in [4.78, 5) is 12.5. The topological polar surface area (TPSA) is 35.5 Å². The molecular weight excluding hydrogens is 324 g/mol. The van der Waals surface area contributed by atoms with Crippen molar-refractivity contribution < 1.29 is 14.3 Å². The molecule has 2 aromatic rings. The molecule has 1 aliphatic rings. The van der Waals surface area contributed by atoms with Gasteiger partial charge in [0, 0.05) is 11.1 Å². The number of benzene rings is 2. The molecule has 0 saturated carbocycles. The van der Waals surface area contributed by atoms with E-state index in [0.717, 1.165) is 27.8 Å². The van der Waals surface area contributed by atoms with E-state index in [0.29, 0.717) is 6.61 Å². The van der Waals surface area contributed by atoms with Gasteiger partial charge in [-0.3, -0.25) is 4.79 Å². The van der Waals surface area contributed by atoms with E-state index < -0.39 is 5.41 Å². The van der Waals surface area contributed by atoms with Crippen LogP contribution in [0.4, 0.5) is 0 Å². The predicted octanol–water partition coefficient (Wildman–Crippen LogP) is 5.66. The molecular formula is C23H28O3. The second kappa shape index (κ2) is 6.55. The van der Waals surface area contributed by atoms with Gasteiger partial charge in [0.2, 0.25) is 0 Å². The summed E-state index contributed by atoms with van der Waals surface area (Å²) in [5.41, 5.74) is 4.77. The lowest BCUT2D eigenvalue weighted by Gasteiger charge is -2.22. The summed E-state index contributed by atoms with van der Waals surface area (Å²) >= 11 is 0. The van der Waals surface area contributed by atoms with Crippen LogP contribution in [-0.2, 0) is 20.9 Å². The Bertz CT molecular complexity index is 822. The molecule has 2 aromatic carbocycles. The Balaban J connectivity index is 1.96. The Morgan fingerprint density at radius 2 is 1.58 bits per heavy atom. The molecule has 0 radical (unpaired) electrons. The van der Waals surface area contributed by atoms with Gasteiger partial charge in [0.05, 0.1) is 17.6 Å². The maximum atomic E-state index is 12.5. The van der Waals surface area contributed by atoms with Crippen molar-refractivity contribution in [3.8, 4) is 11.1 Å². The zero-order valence-electron chi connectivity index (χ0n) is 16.6. The van der Waals surface area contributed by atoms with Crippen LogP contribution < -0.4 is 0 Å². The molecule has 0 amide bonds. The molecule has 0 aromatic heterocycles. The van der Waals surface area contributed by atoms with Crippen molar-refractivity contribution in [3.05, 3.63) is 59.2 Å². The largest absolute Gasteiger partial charge is 0.452 e. The first kappa shape index (κ1) is 18.7. The van der Waals surface area contributed by atoms with E-state index in [1.165, 1.54) is 0 Å². The van der Waals surface area contributed by atoms with Crippen LogP contribution in [0.25, 0.3) is 11.1 Å². The first-order valence-corrected chi connectivity index (χ1v) is 9.13. The van der Waals surface area contributed by atoms with Gasteiger partial charge >= 0.3 is 5.97 Å². The Labute approximate surface area is 156 Å². The molecule has 0 saturated heterocycles. The zero-order valence-corrected chi connectivity index (χ0v) is 16.6. The molecule has 1 unspecified atom stereocenters. The SMILES string of the molecule is CC(C)(C)OCc1ccc2c(c1)-c1ccccc1C2OC(=O)C(C)(C)C. The van der Waals surface area contributed by atoms with E-state index in [1.807, 2.05) is 39.0 Å². The summed E-state index contributed by atoms with van der Waals surface area (Å²) < 4.78 is 11.8. The van der Waals surface area contributed by atoms with Crippen molar-refractivity contribution in [2.45, 2.75) is 59.9 Å². The lowest BCUT2D eigenvalue weighted by Crippen LogP contribution is -2.24. The third kappa shape index (κ3) is 3.83. The highest BCUT2D eigenvalue weighted by Crippen LogP contribution is 2.46. The summed E-state index contributed by atoms with van der Waals surface area (Å²) in [7, 11) is 0. The van der Waals surface area contributed by atoms with Crippen LogP contribution in [0.3, 0.4) is 0 Å². The smallest absolute Gasteiger partial charge is 0.312 e. The number of ether oxygens (including phenoxy) is 2. The minimum absolute atomic E-state index is 0.179. The van der Waals surface area contributed by atoms with E-state index in [1.54, 1.807) is 0 Å². The Morgan fingerprint density at radius 3 is 2.23 bits per heavy atom.